The highest BCUT2D eigenvalue weighted by Crippen LogP contribution is 2.40. The van der Waals surface area contributed by atoms with Crippen LogP contribution in [0.2, 0.25) is 0 Å². The minimum atomic E-state index is 0.0731. The summed E-state index contributed by atoms with van der Waals surface area (Å²) in [4.78, 5) is 17.1. The maximum atomic E-state index is 12.9. The topological polar surface area (TPSA) is 46.3 Å². The number of hydrogen-bond donors (Lipinski definition) is 1. The Hall–Kier alpha value is -1.33. The summed E-state index contributed by atoms with van der Waals surface area (Å²) in [7, 11) is 0. The lowest BCUT2D eigenvalue weighted by Gasteiger charge is -2.22. The molecule has 21 heavy (non-hydrogen) atoms. The van der Waals surface area contributed by atoms with Crippen molar-refractivity contribution in [1.82, 2.24) is 4.90 Å². The van der Waals surface area contributed by atoms with Gasteiger partial charge in [-0.15, -0.1) is 22.7 Å². The van der Waals surface area contributed by atoms with Gasteiger partial charge >= 0.3 is 0 Å². The number of thiophene rings is 2. The van der Waals surface area contributed by atoms with Crippen molar-refractivity contribution in [2.75, 3.05) is 18.8 Å². The average Bonchev–Trinajstić information content (AvgIpc) is 3.05. The summed E-state index contributed by atoms with van der Waals surface area (Å²) in [5.74, 6) is 0.0731. The van der Waals surface area contributed by atoms with Crippen molar-refractivity contribution in [2.45, 2.75) is 33.6 Å². The minimum absolute atomic E-state index is 0.0731. The molecule has 0 radical (unpaired) electrons. The van der Waals surface area contributed by atoms with E-state index in [9.17, 15) is 4.79 Å². The van der Waals surface area contributed by atoms with Crippen LogP contribution in [-0.2, 0) is 0 Å². The van der Waals surface area contributed by atoms with Gasteiger partial charge in [-0.25, -0.2) is 0 Å². The molecule has 0 aliphatic heterocycles. The van der Waals surface area contributed by atoms with Crippen molar-refractivity contribution >= 4 is 33.6 Å². The molecule has 0 atom stereocenters. The summed E-state index contributed by atoms with van der Waals surface area (Å²) in [6.45, 7) is 7.79. The monoisotopic (exact) mass is 322 g/mol. The maximum Gasteiger partial charge on any atom is 0.257 e. The van der Waals surface area contributed by atoms with E-state index in [1.54, 1.807) is 11.3 Å². The molecule has 0 aromatic carbocycles. The van der Waals surface area contributed by atoms with Gasteiger partial charge < -0.3 is 10.6 Å². The van der Waals surface area contributed by atoms with Gasteiger partial charge in [0, 0.05) is 28.4 Å². The molecule has 3 nitrogen and oxygen atoms in total. The van der Waals surface area contributed by atoms with Crippen molar-refractivity contribution in [1.29, 1.82) is 0 Å². The second-order valence-electron chi connectivity index (χ2n) is 5.04. The maximum absolute atomic E-state index is 12.9. The molecule has 0 aliphatic rings. The SMILES string of the molecule is CCCN(CCC)C(=O)c1c(N)sc(C)c1-c1cccs1. The van der Waals surface area contributed by atoms with Crippen molar-refractivity contribution < 1.29 is 4.79 Å². The predicted molar refractivity (Wildman–Crippen MR) is 93.3 cm³/mol. The fraction of sp³-hybridized carbons (Fsp3) is 0.438. The third-order valence-corrected chi connectivity index (χ3v) is 5.19. The average molecular weight is 322 g/mol. The number of nitrogens with zero attached hydrogens (tertiary/aromatic N) is 1. The lowest BCUT2D eigenvalue weighted by Crippen LogP contribution is -2.33. The van der Waals surface area contributed by atoms with Crippen LogP contribution in [0.1, 0.15) is 41.9 Å². The number of nitrogens with two attached hydrogens (primary N) is 1. The second kappa shape index (κ2) is 7.09. The van der Waals surface area contributed by atoms with E-state index in [-0.39, 0.29) is 5.91 Å². The molecule has 2 heterocycles. The lowest BCUT2D eigenvalue weighted by molar-refractivity contribution is 0.0758. The number of rotatable bonds is 6. The fourth-order valence-electron chi connectivity index (χ4n) is 2.51. The van der Waals surface area contributed by atoms with E-state index in [0.29, 0.717) is 10.6 Å². The highest BCUT2D eigenvalue weighted by Gasteiger charge is 2.25. The first-order chi connectivity index (χ1) is 10.1. The molecule has 0 unspecified atom stereocenters. The van der Waals surface area contributed by atoms with Gasteiger partial charge in [-0.3, -0.25) is 4.79 Å². The van der Waals surface area contributed by atoms with Crippen molar-refractivity contribution in [3.63, 3.8) is 0 Å². The van der Waals surface area contributed by atoms with Gasteiger partial charge in [-0.1, -0.05) is 19.9 Å². The molecule has 114 valence electrons. The standard InChI is InChI=1S/C16H22N2OS2/c1-4-8-18(9-5-2)16(19)14-13(11(3)21-15(14)17)12-7-6-10-20-12/h6-7,10H,4-5,8-9,17H2,1-3H3. The number of carbonyl (C=O) groups is 1. The Morgan fingerprint density at radius 3 is 2.48 bits per heavy atom. The van der Waals surface area contributed by atoms with E-state index >= 15 is 0 Å². The predicted octanol–water partition coefficient (Wildman–Crippen LogP) is 4.63. The number of amides is 1. The van der Waals surface area contributed by atoms with Gasteiger partial charge in [-0.05, 0) is 31.2 Å². The van der Waals surface area contributed by atoms with E-state index in [1.807, 2.05) is 23.3 Å². The van der Waals surface area contributed by atoms with Crippen molar-refractivity contribution in [3.05, 3.63) is 28.0 Å². The summed E-state index contributed by atoms with van der Waals surface area (Å²) < 4.78 is 0. The first kappa shape index (κ1) is 16.0. The summed E-state index contributed by atoms with van der Waals surface area (Å²) in [6.07, 6.45) is 1.92. The van der Waals surface area contributed by atoms with Gasteiger partial charge in [0.1, 0.15) is 0 Å². The van der Waals surface area contributed by atoms with E-state index in [0.717, 1.165) is 41.2 Å². The molecule has 2 rings (SSSR count). The smallest absolute Gasteiger partial charge is 0.257 e. The van der Waals surface area contributed by atoms with Crippen LogP contribution >= 0.6 is 22.7 Å². The zero-order chi connectivity index (χ0) is 15.4. The van der Waals surface area contributed by atoms with Gasteiger partial charge in [0.25, 0.3) is 5.91 Å². The van der Waals surface area contributed by atoms with Crippen molar-refractivity contribution in [3.8, 4) is 10.4 Å². The zero-order valence-corrected chi connectivity index (χ0v) is 14.4. The highest BCUT2D eigenvalue weighted by molar-refractivity contribution is 7.18. The van der Waals surface area contributed by atoms with Gasteiger partial charge in [-0.2, -0.15) is 0 Å². The summed E-state index contributed by atoms with van der Waals surface area (Å²) in [5, 5.41) is 2.67. The minimum Gasteiger partial charge on any atom is -0.390 e. The van der Waals surface area contributed by atoms with Crippen LogP contribution in [0.15, 0.2) is 17.5 Å². The molecule has 0 bridgehead atoms. The summed E-state index contributed by atoms with van der Waals surface area (Å²) in [5.41, 5.74) is 7.87. The number of carbonyl (C=O) groups excluding carboxylic acids is 1. The number of aryl methyl sites for hydroxylation is 1. The Kier molecular flexibility index (Phi) is 5.42. The first-order valence-electron chi connectivity index (χ1n) is 7.32. The summed E-state index contributed by atoms with van der Waals surface area (Å²) in [6, 6.07) is 4.07. The summed E-state index contributed by atoms with van der Waals surface area (Å²) >= 11 is 3.17. The Morgan fingerprint density at radius 1 is 1.29 bits per heavy atom. The Labute approximate surface area is 134 Å². The quantitative estimate of drug-likeness (QED) is 0.843. The molecule has 2 aromatic rings. The van der Waals surface area contributed by atoms with Crippen LogP contribution in [0.3, 0.4) is 0 Å². The molecule has 0 fully saturated rings. The van der Waals surface area contributed by atoms with Crippen LogP contribution < -0.4 is 5.73 Å². The number of anilines is 1. The van der Waals surface area contributed by atoms with Gasteiger partial charge in [0.15, 0.2) is 0 Å². The lowest BCUT2D eigenvalue weighted by atomic mass is 10.1. The van der Waals surface area contributed by atoms with Crippen LogP contribution in [0.25, 0.3) is 10.4 Å². The molecule has 1 amide bonds. The van der Waals surface area contributed by atoms with Crippen molar-refractivity contribution in [2.24, 2.45) is 0 Å². The number of hydrogen-bond acceptors (Lipinski definition) is 4. The normalized spacial score (nSPS) is 10.8. The van der Waals surface area contributed by atoms with Crippen LogP contribution in [0, 0.1) is 6.92 Å². The Bertz CT molecular complexity index is 596. The molecule has 0 saturated heterocycles. The third-order valence-electron chi connectivity index (χ3n) is 3.37. The Balaban J connectivity index is 2.45. The molecule has 5 heteroatoms. The van der Waals surface area contributed by atoms with Crippen LogP contribution in [-0.4, -0.2) is 23.9 Å². The Morgan fingerprint density at radius 2 is 1.95 bits per heavy atom. The molecular weight excluding hydrogens is 300 g/mol. The number of nitrogen functional groups attached to an aromatic ring is 1. The van der Waals surface area contributed by atoms with E-state index < -0.39 is 0 Å². The highest BCUT2D eigenvalue weighted by atomic mass is 32.1. The van der Waals surface area contributed by atoms with E-state index in [4.69, 9.17) is 5.73 Å². The molecule has 2 aromatic heterocycles. The molecule has 0 saturated carbocycles. The molecular formula is C16H22N2OS2. The second-order valence-corrected chi connectivity index (χ2v) is 7.25. The zero-order valence-electron chi connectivity index (χ0n) is 12.8. The van der Waals surface area contributed by atoms with E-state index in [2.05, 4.69) is 19.9 Å². The fourth-order valence-corrected chi connectivity index (χ4v) is 4.34. The molecule has 0 spiro atoms. The largest absolute Gasteiger partial charge is 0.390 e. The van der Waals surface area contributed by atoms with Gasteiger partial charge in [0.05, 0.1) is 10.6 Å². The van der Waals surface area contributed by atoms with Gasteiger partial charge in [0.2, 0.25) is 0 Å². The molecule has 2 N–H and O–H groups in total. The van der Waals surface area contributed by atoms with E-state index in [1.165, 1.54) is 11.3 Å². The van der Waals surface area contributed by atoms with Crippen LogP contribution in [0.5, 0.6) is 0 Å². The molecule has 0 aliphatic carbocycles. The van der Waals surface area contributed by atoms with Crippen LogP contribution in [0.4, 0.5) is 5.00 Å². The third kappa shape index (κ3) is 3.30. The first-order valence-corrected chi connectivity index (χ1v) is 9.01.